The first-order chi connectivity index (χ1) is 13.8. The Bertz CT molecular complexity index is 1030. The predicted octanol–water partition coefficient (Wildman–Crippen LogP) is 3.97. The van der Waals surface area contributed by atoms with E-state index < -0.39 is 11.7 Å². The lowest BCUT2D eigenvalue weighted by molar-refractivity contribution is -0.917. The van der Waals surface area contributed by atoms with Gasteiger partial charge in [-0.1, -0.05) is 30.3 Å². The van der Waals surface area contributed by atoms with E-state index in [9.17, 15) is 13.2 Å². The molecule has 0 radical (unpaired) electrons. The van der Waals surface area contributed by atoms with Crippen LogP contribution in [0.15, 0.2) is 54.6 Å². The summed E-state index contributed by atoms with van der Waals surface area (Å²) in [6.07, 6.45) is -2.08. The quantitative estimate of drug-likeness (QED) is 0.612. The fourth-order valence-electron chi connectivity index (χ4n) is 3.42. The van der Waals surface area contributed by atoms with Gasteiger partial charge in [-0.3, -0.25) is 4.57 Å². The highest BCUT2D eigenvalue weighted by Gasteiger charge is 2.31. The summed E-state index contributed by atoms with van der Waals surface area (Å²) < 4.78 is 42.7. The van der Waals surface area contributed by atoms with Crippen molar-refractivity contribution in [1.82, 2.24) is 14.3 Å². The van der Waals surface area contributed by atoms with Gasteiger partial charge in [0.15, 0.2) is 6.67 Å². The van der Waals surface area contributed by atoms with E-state index in [-0.39, 0.29) is 0 Å². The Labute approximate surface area is 172 Å². The van der Waals surface area contributed by atoms with Crippen molar-refractivity contribution in [2.45, 2.75) is 38.1 Å². The van der Waals surface area contributed by atoms with Gasteiger partial charge in [0.2, 0.25) is 4.77 Å². The number of alkyl halides is 3. The van der Waals surface area contributed by atoms with Gasteiger partial charge in [-0.15, -0.1) is 0 Å². The maximum absolute atomic E-state index is 12.7. The summed E-state index contributed by atoms with van der Waals surface area (Å²) in [6.45, 7) is 1.12. The van der Waals surface area contributed by atoms with Crippen molar-refractivity contribution in [2.24, 2.45) is 0 Å². The molecule has 152 valence electrons. The van der Waals surface area contributed by atoms with Crippen LogP contribution < -0.4 is 4.90 Å². The summed E-state index contributed by atoms with van der Waals surface area (Å²) in [6, 6.07) is 15.3. The third-order valence-electron chi connectivity index (χ3n) is 5.03. The topological polar surface area (TPSA) is 27.2 Å². The lowest BCUT2D eigenvalue weighted by atomic mass is 10.1. The molecule has 0 saturated heterocycles. The van der Waals surface area contributed by atoms with E-state index in [2.05, 4.69) is 0 Å². The van der Waals surface area contributed by atoms with Crippen LogP contribution in [0.2, 0.25) is 0 Å². The lowest BCUT2D eigenvalue weighted by Gasteiger charge is -2.14. The van der Waals surface area contributed by atoms with Crippen LogP contribution in [0.5, 0.6) is 0 Å². The Balaban J connectivity index is 1.53. The number of hydrogen-bond acceptors (Lipinski definition) is 2. The second-order valence-electron chi connectivity index (χ2n) is 7.57. The van der Waals surface area contributed by atoms with Gasteiger partial charge in [0.25, 0.3) is 0 Å². The van der Waals surface area contributed by atoms with E-state index in [1.165, 1.54) is 12.1 Å². The molecule has 4 rings (SSSR count). The molecular weight excluding hydrogens is 397 g/mol. The highest BCUT2D eigenvalue weighted by atomic mass is 32.1. The molecule has 1 saturated carbocycles. The summed E-state index contributed by atoms with van der Waals surface area (Å²) >= 11 is 5.71. The number of rotatable bonds is 6. The lowest BCUT2D eigenvalue weighted by Crippen LogP contribution is -3.07. The minimum absolute atomic E-state index is 0.438. The average molecular weight is 419 g/mol. The number of nitrogens with zero attached hydrogens (tertiary/aromatic N) is 3. The Morgan fingerprint density at radius 2 is 1.72 bits per heavy atom. The number of halogens is 3. The molecule has 1 aliphatic carbocycles. The van der Waals surface area contributed by atoms with Crippen LogP contribution in [0.4, 0.5) is 13.2 Å². The third kappa shape index (κ3) is 4.43. The van der Waals surface area contributed by atoms with Crippen molar-refractivity contribution in [3.8, 4) is 5.69 Å². The Morgan fingerprint density at radius 1 is 1.07 bits per heavy atom. The summed E-state index contributed by atoms with van der Waals surface area (Å²) in [4.78, 5) is 1.08. The van der Waals surface area contributed by atoms with Gasteiger partial charge < -0.3 is 4.90 Å². The van der Waals surface area contributed by atoms with Crippen molar-refractivity contribution in [2.75, 3.05) is 7.05 Å². The molecule has 0 spiro atoms. The number of nitrogens with one attached hydrogen (secondary N) is 1. The summed E-state index contributed by atoms with van der Waals surface area (Å²) in [5.74, 6) is 1.43. The molecule has 1 atom stereocenters. The van der Waals surface area contributed by atoms with Crippen molar-refractivity contribution in [1.29, 1.82) is 0 Å². The molecule has 0 aliphatic heterocycles. The molecule has 2 aromatic carbocycles. The van der Waals surface area contributed by atoms with Crippen LogP contribution in [0, 0.1) is 4.77 Å². The van der Waals surface area contributed by atoms with Gasteiger partial charge in [0, 0.05) is 17.2 Å². The first-order valence-corrected chi connectivity index (χ1v) is 9.96. The normalized spacial score (nSPS) is 15.4. The van der Waals surface area contributed by atoms with Gasteiger partial charge in [0.1, 0.15) is 12.4 Å². The molecule has 1 unspecified atom stereocenters. The molecule has 3 aromatic rings. The number of benzene rings is 2. The zero-order valence-electron chi connectivity index (χ0n) is 16.0. The van der Waals surface area contributed by atoms with Crippen molar-refractivity contribution >= 4 is 12.2 Å². The standard InChI is InChI=1S/C21H21F3N4S/c1-26(13-15-7-11-17(12-8-15)21(22,23)24)14-27-20(29)28(18-5-3-2-4-6-18)19(25-27)16-9-10-16/h2-8,11-12,16H,9-10,13-14H2,1H3/p+1. The van der Waals surface area contributed by atoms with E-state index in [0.29, 0.717) is 23.9 Å². The molecular formula is C21H22F3N4S+. The minimum Gasteiger partial charge on any atom is -0.315 e. The van der Waals surface area contributed by atoms with Crippen molar-refractivity contribution < 1.29 is 18.1 Å². The predicted molar refractivity (Wildman–Crippen MR) is 106 cm³/mol. The van der Waals surface area contributed by atoms with Crippen LogP contribution >= 0.6 is 12.2 Å². The van der Waals surface area contributed by atoms with E-state index in [4.69, 9.17) is 17.3 Å². The molecule has 4 nitrogen and oxygen atoms in total. The summed E-state index contributed by atoms with van der Waals surface area (Å²) in [5.41, 5.74) is 1.22. The zero-order valence-corrected chi connectivity index (χ0v) is 16.8. The SMILES string of the molecule is C[NH+](Cc1ccc(C(F)(F)F)cc1)Cn1nc(C2CC2)n(-c2ccccc2)c1=S. The Kier molecular flexibility index (Phi) is 5.31. The number of aromatic nitrogens is 3. The molecule has 1 heterocycles. The van der Waals surface area contributed by atoms with Crippen LogP contribution in [0.25, 0.3) is 5.69 Å². The number of para-hydroxylation sites is 1. The van der Waals surface area contributed by atoms with Gasteiger partial charge in [-0.05, 0) is 49.3 Å². The first kappa shape index (κ1) is 19.8. The molecule has 29 heavy (non-hydrogen) atoms. The van der Waals surface area contributed by atoms with Crippen molar-refractivity contribution in [3.05, 3.63) is 76.3 Å². The van der Waals surface area contributed by atoms with Crippen molar-refractivity contribution in [3.63, 3.8) is 0 Å². The summed E-state index contributed by atoms with van der Waals surface area (Å²) in [5, 5.41) is 4.78. The number of hydrogen-bond donors (Lipinski definition) is 1. The van der Waals surface area contributed by atoms with Crippen LogP contribution in [-0.4, -0.2) is 21.4 Å². The highest BCUT2D eigenvalue weighted by molar-refractivity contribution is 7.71. The molecule has 0 amide bonds. The Hall–Kier alpha value is -2.45. The van der Waals surface area contributed by atoms with E-state index in [1.807, 2.05) is 46.6 Å². The van der Waals surface area contributed by atoms with Crippen LogP contribution in [0.3, 0.4) is 0 Å². The van der Waals surface area contributed by atoms with E-state index >= 15 is 0 Å². The minimum atomic E-state index is -4.31. The van der Waals surface area contributed by atoms with Gasteiger partial charge >= 0.3 is 6.18 Å². The summed E-state index contributed by atoms with van der Waals surface area (Å²) in [7, 11) is 1.98. The second kappa shape index (κ2) is 7.76. The molecule has 0 bridgehead atoms. The first-order valence-electron chi connectivity index (χ1n) is 9.55. The fraction of sp³-hybridized carbons (Fsp3) is 0.333. The molecule has 8 heteroatoms. The van der Waals surface area contributed by atoms with E-state index in [1.54, 1.807) is 0 Å². The fourth-order valence-corrected chi connectivity index (χ4v) is 3.73. The van der Waals surface area contributed by atoms with Crippen LogP contribution in [0.1, 0.15) is 35.7 Å². The largest absolute Gasteiger partial charge is 0.416 e. The molecule has 1 N–H and O–H groups in total. The average Bonchev–Trinajstić information content (AvgIpc) is 3.47. The van der Waals surface area contributed by atoms with Crippen LogP contribution in [-0.2, 0) is 19.4 Å². The number of quaternary nitrogens is 1. The second-order valence-corrected chi connectivity index (χ2v) is 7.94. The smallest absolute Gasteiger partial charge is 0.315 e. The highest BCUT2D eigenvalue weighted by Crippen LogP contribution is 2.40. The van der Waals surface area contributed by atoms with Gasteiger partial charge in [-0.25, -0.2) is 0 Å². The van der Waals surface area contributed by atoms with E-state index in [0.717, 1.165) is 46.9 Å². The Morgan fingerprint density at radius 3 is 2.31 bits per heavy atom. The monoisotopic (exact) mass is 419 g/mol. The van der Waals surface area contributed by atoms with Gasteiger partial charge in [0.05, 0.1) is 12.6 Å². The van der Waals surface area contributed by atoms with Gasteiger partial charge in [-0.2, -0.15) is 23.0 Å². The zero-order chi connectivity index (χ0) is 20.6. The maximum atomic E-state index is 12.7. The molecule has 1 aromatic heterocycles. The maximum Gasteiger partial charge on any atom is 0.416 e. The third-order valence-corrected chi connectivity index (χ3v) is 5.42. The molecule has 1 aliphatic rings. The molecule has 1 fully saturated rings.